The van der Waals surface area contributed by atoms with E-state index in [1.807, 2.05) is 0 Å². The second kappa shape index (κ2) is 4.89. The highest BCUT2D eigenvalue weighted by Crippen LogP contribution is 2.21. The van der Waals surface area contributed by atoms with Gasteiger partial charge in [-0.1, -0.05) is 0 Å². The van der Waals surface area contributed by atoms with E-state index >= 15 is 0 Å². The number of nitrogens with zero attached hydrogens (tertiary/aromatic N) is 1. The van der Waals surface area contributed by atoms with E-state index in [2.05, 4.69) is 4.84 Å². The van der Waals surface area contributed by atoms with Gasteiger partial charge in [0.25, 0.3) is 0 Å². The molecule has 0 saturated carbocycles. The molecule has 2 atom stereocenters. The fraction of sp³-hybridized carbons (Fsp3) is 0.800. The van der Waals surface area contributed by atoms with Crippen LogP contribution in [0.15, 0.2) is 0 Å². The Morgan fingerprint density at radius 1 is 1.41 bits per heavy atom. The summed E-state index contributed by atoms with van der Waals surface area (Å²) in [6.45, 7) is 5.18. The van der Waals surface area contributed by atoms with Crippen molar-refractivity contribution in [1.29, 1.82) is 0 Å². The van der Waals surface area contributed by atoms with Crippen molar-refractivity contribution < 1.29 is 24.3 Å². The minimum atomic E-state index is -0.884. The van der Waals surface area contributed by atoms with Crippen LogP contribution < -0.4 is 5.90 Å². The molecule has 0 aromatic carbocycles. The minimum Gasteiger partial charge on any atom is -0.444 e. The Kier molecular flexibility index (Phi) is 3.94. The van der Waals surface area contributed by atoms with E-state index < -0.39 is 29.8 Å². The molecule has 98 valence electrons. The molecule has 1 heterocycles. The predicted molar refractivity (Wildman–Crippen MR) is 57.6 cm³/mol. The number of hydrogen-bond acceptors (Lipinski definition) is 6. The van der Waals surface area contributed by atoms with Gasteiger partial charge in [-0.15, -0.1) is 0 Å². The normalized spacial score (nSPS) is 24.6. The van der Waals surface area contributed by atoms with Crippen LogP contribution in [0.3, 0.4) is 0 Å². The summed E-state index contributed by atoms with van der Waals surface area (Å²) in [6.07, 6.45) is -1.33. The number of β-amino-alcohol motifs (C(OH)–C–C–N with tert-alkyl or cyclic N) is 1. The van der Waals surface area contributed by atoms with Crippen LogP contribution in [0.4, 0.5) is 4.79 Å². The summed E-state index contributed by atoms with van der Waals surface area (Å²) in [5.41, 5.74) is -0.665. The van der Waals surface area contributed by atoms with Crippen molar-refractivity contribution >= 4 is 12.1 Å². The van der Waals surface area contributed by atoms with Crippen molar-refractivity contribution in [2.75, 3.05) is 6.54 Å². The van der Waals surface area contributed by atoms with Crippen LogP contribution in [0.5, 0.6) is 0 Å². The average Bonchev–Trinajstić information content (AvgIpc) is 2.56. The molecule has 1 amide bonds. The SMILES string of the molecule is CC(C)(C)OC(=O)N1CC(O)CC1C(=O)ON. The highest BCUT2D eigenvalue weighted by Gasteiger charge is 2.41. The molecule has 1 saturated heterocycles. The summed E-state index contributed by atoms with van der Waals surface area (Å²) < 4.78 is 5.12. The van der Waals surface area contributed by atoms with Crippen LogP contribution in [-0.4, -0.2) is 46.4 Å². The van der Waals surface area contributed by atoms with E-state index in [0.29, 0.717) is 0 Å². The topological polar surface area (TPSA) is 102 Å². The molecule has 0 bridgehead atoms. The van der Waals surface area contributed by atoms with Crippen LogP contribution in [0.1, 0.15) is 27.2 Å². The molecule has 0 radical (unpaired) electrons. The molecule has 1 rings (SSSR count). The molecule has 7 nitrogen and oxygen atoms in total. The Morgan fingerprint density at radius 3 is 2.47 bits per heavy atom. The van der Waals surface area contributed by atoms with Crippen molar-refractivity contribution in [1.82, 2.24) is 4.90 Å². The third-order valence-electron chi connectivity index (χ3n) is 2.30. The van der Waals surface area contributed by atoms with Gasteiger partial charge < -0.3 is 14.7 Å². The number of likely N-dealkylation sites (tertiary alicyclic amines) is 1. The van der Waals surface area contributed by atoms with Gasteiger partial charge in [-0.25, -0.2) is 9.59 Å². The Bertz CT molecular complexity index is 312. The highest BCUT2D eigenvalue weighted by molar-refractivity contribution is 5.82. The molecule has 2 unspecified atom stereocenters. The molecule has 1 aliphatic rings. The summed E-state index contributed by atoms with van der Waals surface area (Å²) in [6, 6.07) is -0.884. The maximum Gasteiger partial charge on any atom is 0.411 e. The van der Waals surface area contributed by atoms with Gasteiger partial charge in [0.05, 0.1) is 12.6 Å². The number of carbonyl (C=O) groups is 2. The van der Waals surface area contributed by atoms with Crippen molar-refractivity contribution in [2.45, 2.75) is 44.9 Å². The minimum absolute atomic E-state index is 0.0364. The summed E-state index contributed by atoms with van der Waals surface area (Å²) in [4.78, 5) is 28.3. The Morgan fingerprint density at radius 2 is 2.00 bits per heavy atom. The molecule has 0 aromatic rings. The van der Waals surface area contributed by atoms with E-state index in [1.54, 1.807) is 20.8 Å². The first-order valence-electron chi connectivity index (χ1n) is 5.33. The first-order valence-corrected chi connectivity index (χ1v) is 5.33. The van der Waals surface area contributed by atoms with Gasteiger partial charge in [0, 0.05) is 6.42 Å². The number of nitrogens with two attached hydrogens (primary N) is 1. The molecule has 1 fully saturated rings. The summed E-state index contributed by atoms with van der Waals surface area (Å²) >= 11 is 0. The third-order valence-corrected chi connectivity index (χ3v) is 2.30. The van der Waals surface area contributed by atoms with Crippen molar-refractivity contribution in [3.05, 3.63) is 0 Å². The van der Waals surface area contributed by atoms with Crippen molar-refractivity contribution in [3.8, 4) is 0 Å². The van der Waals surface area contributed by atoms with E-state index in [1.165, 1.54) is 0 Å². The smallest absolute Gasteiger partial charge is 0.411 e. The number of rotatable bonds is 1. The fourth-order valence-electron chi connectivity index (χ4n) is 1.64. The van der Waals surface area contributed by atoms with Crippen LogP contribution in [0, 0.1) is 0 Å². The highest BCUT2D eigenvalue weighted by atomic mass is 16.7. The molecular weight excluding hydrogens is 228 g/mol. The quantitative estimate of drug-likeness (QED) is 0.620. The van der Waals surface area contributed by atoms with Crippen molar-refractivity contribution in [2.24, 2.45) is 5.90 Å². The maximum absolute atomic E-state index is 11.8. The zero-order valence-corrected chi connectivity index (χ0v) is 10.2. The van der Waals surface area contributed by atoms with Crippen molar-refractivity contribution in [3.63, 3.8) is 0 Å². The number of aliphatic hydroxyl groups is 1. The lowest BCUT2D eigenvalue weighted by atomic mass is 10.2. The molecule has 7 heteroatoms. The Labute approximate surface area is 99.4 Å². The molecule has 1 aliphatic heterocycles. The molecule has 0 spiro atoms. The summed E-state index contributed by atoms with van der Waals surface area (Å²) in [5, 5.41) is 9.46. The summed E-state index contributed by atoms with van der Waals surface area (Å²) in [7, 11) is 0. The molecule has 0 aliphatic carbocycles. The average molecular weight is 246 g/mol. The zero-order valence-electron chi connectivity index (χ0n) is 10.2. The van der Waals surface area contributed by atoms with Gasteiger partial charge >= 0.3 is 12.1 Å². The molecule has 17 heavy (non-hydrogen) atoms. The lowest BCUT2D eigenvalue weighted by Crippen LogP contribution is -2.44. The number of hydrogen-bond donors (Lipinski definition) is 2. The van der Waals surface area contributed by atoms with Crippen LogP contribution in [0.2, 0.25) is 0 Å². The van der Waals surface area contributed by atoms with Gasteiger partial charge in [0.2, 0.25) is 0 Å². The second-order valence-electron chi connectivity index (χ2n) is 4.97. The van der Waals surface area contributed by atoms with Gasteiger partial charge in [-0.05, 0) is 20.8 Å². The first kappa shape index (κ1) is 13.7. The number of ether oxygens (including phenoxy) is 1. The van der Waals surface area contributed by atoms with Crippen LogP contribution >= 0.6 is 0 Å². The Balaban J connectivity index is 2.73. The molecule has 3 N–H and O–H groups in total. The number of aliphatic hydroxyl groups excluding tert-OH is 1. The zero-order chi connectivity index (χ0) is 13.2. The molecule has 0 aromatic heterocycles. The third kappa shape index (κ3) is 3.57. The first-order chi connectivity index (χ1) is 7.74. The largest absolute Gasteiger partial charge is 0.444 e. The van der Waals surface area contributed by atoms with Gasteiger partial charge in [-0.2, -0.15) is 5.90 Å². The number of amides is 1. The van der Waals surface area contributed by atoms with Gasteiger partial charge in [0.15, 0.2) is 0 Å². The fourth-order valence-corrected chi connectivity index (χ4v) is 1.64. The van der Waals surface area contributed by atoms with Crippen LogP contribution in [-0.2, 0) is 14.4 Å². The number of carbonyl (C=O) groups excluding carboxylic acids is 2. The van der Waals surface area contributed by atoms with Crippen LogP contribution in [0.25, 0.3) is 0 Å². The summed E-state index contributed by atoms with van der Waals surface area (Å²) in [5.74, 6) is 4.02. The monoisotopic (exact) mass is 246 g/mol. The van der Waals surface area contributed by atoms with E-state index in [4.69, 9.17) is 10.6 Å². The van der Waals surface area contributed by atoms with E-state index in [-0.39, 0.29) is 13.0 Å². The molecular formula is C10H18N2O5. The maximum atomic E-state index is 11.8. The lowest BCUT2D eigenvalue weighted by molar-refractivity contribution is -0.149. The predicted octanol–water partition coefficient (Wildman–Crippen LogP) is -0.226. The Hall–Kier alpha value is -1.34. The lowest BCUT2D eigenvalue weighted by Gasteiger charge is -2.26. The van der Waals surface area contributed by atoms with Gasteiger partial charge in [0.1, 0.15) is 11.6 Å². The standard InChI is InChI=1S/C10H18N2O5/c1-10(2,3)16-9(15)12-5-6(13)4-7(12)8(14)17-11/h6-7,13H,4-5,11H2,1-3H3. The van der Waals surface area contributed by atoms with Gasteiger partial charge in [-0.3, -0.25) is 4.90 Å². The second-order valence-corrected chi connectivity index (χ2v) is 4.97. The van der Waals surface area contributed by atoms with E-state index in [9.17, 15) is 14.7 Å². The van der Waals surface area contributed by atoms with E-state index in [0.717, 1.165) is 4.90 Å².